The predicted molar refractivity (Wildman–Crippen MR) is 134 cm³/mol. The van der Waals surface area contributed by atoms with Crippen LogP contribution in [0.3, 0.4) is 0 Å². The Hall–Kier alpha value is 1.62. The molecule has 0 aliphatic rings. The molecule has 0 amide bonds. The Bertz CT molecular complexity index is 385. The van der Waals surface area contributed by atoms with Crippen molar-refractivity contribution in [3.8, 4) is 0 Å². The molecule has 0 aromatic rings. The second kappa shape index (κ2) is 21.8. The third-order valence-corrected chi connectivity index (χ3v) is 7.67. The largest absolute Gasteiger partial charge is 0.339 e. The van der Waals surface area contributed by atoms with Crippen LogP contribution in [0.4, 0.5) is 0 Å². The maximum atomic E-state index is 12.3. The van der Waals surface area contributed by atoms with E-state index in [4.69, 9.17) is 11.2 Å². The van der Waals surface area contributed by atoms with E-state index in [1.807, 2.05) is 0 Å². The van der Waals surface area contributed by atoms with Gasteiger partial charge in [0.15, 0.2) is 6.49 Å². The highest BCUT2D eigenvalue weighted by Crippen LogP contribution is 2.61. The first-order chi connectivity index (χ1) is 13.1. The lowest BCUT2D eigenvalue weighted by molar-refractivity contribution is 0.563. The average molecular weight is 518 g/mol. The quantitative estimate of drug-likeness (QED) is 0.134. The van der Waals surface area contributed by atoms with E-state index in [9.17, 15) is 9.13 Å². The summed E-state index contributed by atoms with van der Waals surface area (Å²) in [5.74, 6) is 0. The van der Waals surface area contributed by atoms with Gasteiger partial charge in [-0.25, -0.2) is 0 Å². The lowest BCUT2D eigenvalue weighted by atomic mass is 10.1. The van der Waals surface area contributed by atoms with Crippen molar-refractivity contribution in [2.45, 2.75) is 117 Å². The van der Waals surface area contributed by atoms with Gasteiger partial charge in [-0.2, -0.15) is 0 Å². The van der Waals surface area contributed by atoms with Crippen LogP contribution in [-0.2, 0) is 9.13 Å². The van der Waals surface area contributed by atoms with E-state index >= 15 is 0 Å². The lowest BCUT2D eigenvalue weighted by Gasteiger charge is -2.10. The highest BCUT2D eigenvalue weighted by molar-refractivity contribution is 8.24. The van der Waals surface area contributed by atoms with Crippen molar-refractivity contribution in [2.75, 3.05) is 12.3 Å². The molecule has 0 heterocycles. The Kier molecular flexibility index (Phi) is 24.8. The van der Waals surface area contributed by atoms with Crippen LogP contribution in [0.1, 0.15) is 117 Å². The Balaban J connectivity index is 0. The van der Waals surface area contributed by atoms with Gasteiger partial charge in [-0.05, 0) is 46.6 Å². The van der Waals surface area contributed by atoms with Crippen molar-refractivity contribution in [1.82, 2.24) is 0 Å². The molecule has 0 aromatic heterocycles. The molecule has 0 bridgehead atoms. The molecule has 0 aliphatic carbocycles. The molecular formula is C20H42Cl4O2P2. The van der Waals surface area contributed by atoms with Crippen LogP contribution in [0.25, 0.3) is 0 Å². The van der Waals surface area contributed by atoms with Crippen molar-refractivity contribution in [3.05, 3.63) is 0 Å². The average Bonchev–Trinajstić information content (AvgIpc) is 2.58. The molecular weight excluding hydrogens is 476 g/mol. The molecule has 2 nitrogen and oxygen atoms in total. The normalized spacial score (nSPS) is 11.9. The molecule has 0 aromatic carbocycles. The first-order valence-electron chi connectivity index (χ1n) is 11.1. The first kappa shape index (κ1) is 31.8. The van der Waals surface area contributed by atoms with E-state index < -0.39 is 11.7 Å². The summed E-state index contributed by atoms with van der Waals surface area (Å²) in [4.78, 5) is 0. The van der Waals surface area contributed by atoms with Gasteiger partial charge in [0.25, 0.3) is 0 Å². The summed E-state index contributed by atoms with van der Waals surface area (Å²) in [6.07, 6.45) is 22.2. The zero-order valence-electron chi connectivity index (χ0n) is 18.0. The minimum atomic E-state index is -3.22. The number of unbranched alkanes of at least 4 members (excludes halogenated alkanes) is 14. The van der Waals surface area contributed by atoms with E-state index in [0.29, 0.717) is 0 Å². The van der Waals surface area contributed by atoms with Crippen molar-refractivity contribution in [1.29, 1.82) is 0 Å². The van der Waals surface area contributed by atoms with Crippen molar-refractivity contribution in [2.24, 2.45) is 0 Å². The van der Waals surface area contributed by atoms with E-state index in [1.165, 1.54) is 89.9 Å². The van der Waals surface area contributed by atoms with E-state index in [0.717, 1.165) is 25.2 Å². The monoisotopic (exact) mass is 516 g/mol. The van der Waals surface area contributed by atoms with Crippen LogP contribution >= 0.6 is 56.7 Å². The molecule has 0 rings (SSSR count). The number of halogens is 4. The van der Waals surface area contributed by atoms with Gasteiger partial charge in [0.2, 0.25) is 0 Å². The van der Waals surface area contributed by atoms with Gasteiger partial charge in [-0.3, -0.25) is 4.57 Å². The van der Waals surface area contributed by atoms with Crippen LogP contribution < -0.4 is 0 Å². The van der Waals surface area contributed by atoms with Crippen LogP contribution in [0, 0.1) is 0 Å². The Morgan fingerprint density at radius 3 is 0.929 bits per heavy atom. The molecule has 0 saturated heterocycles. The van der Waals surface area contributed by atoms with Crippen LogP contribution in [0.2, 0.25) is 0 Å². The molecule has 28 heavy (non-hydrogen) atoms. The fourth-order valence-corrected chi connectivity index (χ4v) is 5.41. The summed E-state index contributed by atoms with van der Waals surface area (Å²) >= 11 is 20.1. The second-order valence-electron chi connectivity index (χ2n) is 7.59. The van der Waals surface area contributed by atoms with Crippen molar-refractivity contribution < 1.29 is 9.13 Å². The molecule has 0 atom stereocenters. The number of rotatable bonds is 18. The fraction of sp³-hybridized carbons (Fsp3) is 1.00. The zero-order valence-corrected chi connectivity index (χ0v) is 22.8. The maximum absolute atomic E-state index is 12.3. The molecule has 0 saturated carbocycles. The summed E-state index contributed by atoms with van der Waals surface area (Å²) in [5, 5.41) is -3.22. The summed E-state index contributed by atoms with van der Waals surface area (Å²) in [6.45, 7) is 2.16. The van der Waals surface area contributed by atoms with E-state index in [1.54, 1.807) is 0 Å². The van der Waals surface area contributed by atoms with Gasteiger partial charge in [-0.1, -0.05) is 115 Å². The van der Waals surface area contributed by atoms with Crippen LogP contribution in [0.5, 0.6) is 0 Å². The Labute approximate surface area is 194 Å². The van der Waals surface area contributed by atoms with Gasteiger partial charge in [0.05, 0.1) is 0 Å². The topological polar surface area (TPSA) is 34.1 Å². The van der Waals surface area contributed by atoms with Crippen LogP contribution in [-0.4, -0.2) is 12.3 Å². The lowest BCUT2D eigenvalue weighted by Crippen LogP contribution is -1.92. The van der Waals surface area contributed by atoms with Gasteiger partial charge < -0.3 is 4.57 Å². The van der Waals surface area contributed by atoms with E-state index in [2.05, 4.69) is 47.6 Å². The van der Waals surface area contributed by atoms with Gasteiger partial charge in [0.1, 0.15) is 0 Å². The number of hydrogen-bond donors (Lipinski definition) is 0. The third-order valence-electron chi connectivity index (χ3n) is 4.69. The molecule has 172 valence electrons. The molecule has 0 spiro atoms. The summed E-state index contributed by atoms with van der Waals surface area (Å²) in [5.41, 5.74) is 0. The maximum Gasteiger partial charge on any atom is 0.339 e. The summed E-state index contributed by atoms with van der Waals surface area (Å²) in [7, 11) is 0. The standard InChI is InChI=1S/C20H42ClOP.Cl3OP/c1-3-5-7-9-11-13-15-17-19-23(21,22)20-18-16-14-12-10-8-6-4-2;1-5(2,3)4/h3-20H2,1-2H3;. The molecule has 0 unspecified atom stereocenters. The van der Waals surface area contributed by atoms with Crippen molar-refractivity contribution >= 4 is 56.7 Å². The highest BCUT2D eigenvalue weighted by Gasteiger charge is 2.16. The molecule has 0 N–H and O–H groups in total. The van der Waals surface area contributed by atoms with Gasteiger partial charge in [0, 0.05) is 12.3 Å². The Morgan fingerprint density at radius 2 is 0.679 bits per heavy atom. The van der Waals surface area contributed by atoms with Gasteiger partial charge >= 0.3 is 5.20 Å². The fourth-order valence-electron chi connectivity index (χ4n) is 3.08. The van der Waals surface area contributed by atoms with Crippen molar-refractivity contribution in [3.63, 3.8) is 0 Å². The highest BCUT2D eigenvalue weighted by atomic mass is 36.0. The minimum absolute atomic E-state index is 0.764. The van der Waals surface area contributed by atoms with Crippen LogP contribution in [0.15, 0.2) is 0 Å². The summed E-state index contributed by atoms with van der Waals surface area (Å²) < 4.78 is 21.8. The third kappa shape index (κ3) is 35.1. The smallest absolute Gasteiger partial charge is 0.307 e. The second-order valence-corrected chi connectivity index (χ2v) is 18.5. The number of hydrogen-bond acceptors (Lipinski definition) is 2. The van der Waals surface area contributed by atoms with Gasteiger partial charge in [-0.15, -0.1) is 0 Å². The summed E-state index contributed by atoms with van der Waals surface area (Å²) in [6, 6.07) is 0. The Morgan fingerprint density at radius 1 is 0.464 bits per heavy atom. The molecule has 0 aliphatic heterocycles. The SMILES string of the molecule is CCCCCCCCCCP(=O)(Cl)CCCCCCCCCC.O=P(Cl)(Cl)Cl. The molecule has 8 heteroatoms. The molecule has 0 fully saturated rings. The van der Waals surface area contributed by atoms with E-state index in [-0.39, 0.29) is 0 Å². The first-order valence-corrected chi connectivity index (χ1v) is 18.5. The zero-order chi connectivity index (χ0) is 21.7. The minimum Gasteiger partial charge on any atom is -0.307 e. The predicted octanol–water partition coefficient (Wildman–Crippen LogP) is 11.6. The molecule has 0 radical (unpaired) electrons.